The number of piperidine rings is 1. The fraction of sp³-hybridized carbons (Fsp3) is 0.727. The molecule has 1 saturated heterocycles. The highest BCUT2D eigenvalue weighted by atomic mass is 32.2. The molecule has 0 saturated carbocycles. The smallest absolute Gasteiger partial charge is 0.259 e. The molecule has 0 spiro atoms. The van der Waals surface area contributed by atoms with Crippen LogP contribution >= 0.6 is 0 Å². The van der Waals surface area contributed by atoms with Crippen LogP contribution in [-0.2, 0) is 10.0 Å². The van der Waals surface area contributed by atoms with Crippen LogP contribution in [0.1, 0.15) is 19.3 Å². The van der Waals surface area contributed by atoms with Crippen LogP contribution in [0.2, 0.25) is 0 Å². The average Bonchev–Trinajstić information content (AvgIpc) is 2.91. The van der Waals surface area contributed by atoms with Gasteiger partial charge in [0.2, 0.25) is 0 Å². The van der Waals surface area contributed by atoms with E-state index in [2.05, 4.69) is 15.3 Å². The minimum absolute atomic E-state index is 0.162. The van der Waals surface area contributed by atoms with Crippen molar-refractivity contribution in [1.29, 1.82) is 0 Å². The second-order valence-corrected chi connectivity index (χ2v) is 6.74. The predicted octanol–water partition coefficient (Wildman–Crippen LogP) is 0.420. The summed E-state index contributed by atoms with van der Waals surface area (Å²) < 4.78 is 25.6. The Morgan fingerprint density at radius 2 is 2.17 bits per heavy atom. The van der Waals surface area contributed by atoms with Crippen LogP contribution in [0.5, 0.6) is 0 Å². The summed E-state index contributed by atoms with van der Waals surface area (Å²) in [5.74, 6) is 0.630. The molecule has 1 aliphatic rings. The third-order valence-electron chi connectivity index (χ3n) is 3.47. The number of rotatable bonds is 5. The molecule has 102 valence electrons. The zero-order chi connectivity index (χ0) is 13.0. The maximum Gasteiger partial charge on any atom is 0.259 e. The quantitative estimate of drug-likeness (QED) is 0.814. The first kappa shape index (κ1) is 13.5. The monoisotopic (exact) mass is 272 g/mol. The summed E-state index contributed by atoms with van der Waals surface area (Å²) in [6.45, 7) is 2.65. The average molecular weight is 272 g/mol. The van der Waals surface area contributed by atoms with Crippen molar-refractivity contribution in [2.24, 2.45) is 5.92 Å². The van der Waals surface area contributed by atoms with Gasteiger partial charge in [0.1, 0.15) is 0 Å². The minimum Gasteiger partial charge on any atom is -0.335 e. The van der Waals surface area contributed by atoms with Gasteiger partial charge < -0.3 is 10.3 Å². The van der Waals surface area contributed by atoms with Crippen LogP contribution in [0.25, 0.3) is 0 Å². The molecule has 0 bridgehead atoms. The van der Waals surface area contributed by atoms with Crippen molar-refractivity contribution >= 4 is 10.0 Å². The first-order chi connectivity index (χ1) is 8.60. The van der Waals surface area contributed by atoms with Crippen LogP contribution in [0.15, 0.2) is 17.6 Å². The van der Waals surface area contributed by atoms with Crippen LogP contribution < -0.4 is 5.32 Å². The zero-order valence-electron chi connectivity index (χ0n) is 10.6. The Balaban J connectivity index is 1.89. The van der Waals surface area contributed by atoms with Gasteiger partial charge in [0.15, 0.2) is 5.03 Å². The summed E-state index contributed by atoms with van der Waals surface area (Å²) in [7, 11) is -1.77. The fourth-order valence-electron chi connectivity index (χ4n) is 2.21. The molecule has 1 fully saturated rings. The topological polar surface area (TPSA) is 78.1 Å². The van der Waals surface area contributed by atoms with E-state index >= 15 is 0 Å². The Labute approximate surface area is 108 Å². The molecule has 0 amide bonds. The summed E-state index contributed by atoms with van der Waals surface area (Å²) in [5, 5.41) is 3.47. The van der Waals surface area contributed by atoms with Crippen molar-refractivity contribution in [2.75, 3.05) is 26.7 Å². The van der Waals surface area contributed by atoms with Crippen molar-refractivity contribution in [2.45, 2.75) is 24.3 Å². The Kier molecular flexibility index (Phi) is 4.36. The third kappa shape index (κ3) is 3.09. The minimum atomic E-state index is -3.40. The van der Waals surface area contributed by atoms with E-state index < -0.39 is 10.0 Å². The van der Waals surface area contributed by atoms with E-state index in [1.54, 1.807) is 7.05 Å². The van der Waals surface area contributed by atoms with E-state index in [4.69, 9.17) is 0 Å². The number of H-pyrrole nitrogens is 1. The molecule has 2 rings (SSSR count). The van der Waals surface area contributed by atoms with Gasteiger partial charge in [-0.05, 0) is 38.3 Å². The largest absolute Gasteiger partial charge is 0.335 e. The van der Waals surface area contributed by atoms with Crippen molar-refractivity contribution < 1.29 is 8.42 Å². The van der Waals surface area contributed by atoms with Gasteiger partial charge in [0.25, 0.3) is 10.0 Å². The lowest BCUT2D eigenvalue weighted by atomic mass is 9.95. The van der Waals surface area contributed by atoms with E-state index in [0.29, 0.717) is 12.5 Å². The van der Waals surface area contributed by atoms with Gasteiger partial charge >= 0.3 is 0 Å². The van der Waals surface area contributed by atoms with Gasteiger partial charge in [-0.3, -0.25) is 0 Å². The second-order valence-electron chi connectivity index (χ2n) is 4.72. The van der Waals surface area contributed by atoms with E-state index in [9.17, 15) is 8.42 Å². The molecule has 1 aromatic heterocycles. The Morgan fingerprint density at radius 1 is 1.44 bits per heavy atom. The number of hydrogen-bond donors (Lipinski definition) is 2. The predicted molar refractivity (Wildman–Crippen MR) is 68.6 cm³/mol. The standard InChI is InChI=1S/C11H20N4O2S/c1-15(7-4-10-2-5-12-6-3-10)18(16,17)11-8-13-9-14-11/h8-10,12H,2-7H2,1H3,(H,13,14). The first-order valence-corrected chi connectivity index (χ1v) is 7.70. The molecular weight excluding hydrogens is 252 g/mol. The highest BCUT2D eigenvalue weighted by Gasteiger charge is 2.23. The van der Waals surface area contributed by atoms with Crippen LogP contribution in [0.3, 0.4) is 0 Å². The normalized spacial score (nSPS) is 18.3. The molecule has 1 aliphatic heterocycles. The van der Waals surface area contributed by atoms with Gasteiger partial charge in [-0.1, -0.05) is 0 Å². The van der Waals surface area contributed by atoms with Gasteiger partial charge in [0, 0.05) is 13.6 Å². The first-order valence-electron chi connectivity index (χ1n) is 6.26. The lowest BCUT2D eigenvalue weighted by molar-refractivity contribution is 0.325. The Bertz CT molecular complexity index is 451. The van der Waals surface area contributed by atoms with Crippen LogP contribution in [-0.4, -0.2) is 49.4 Å². The molecular formula is C11H20N4O2S. The van der Waals surface area contributed by atoms with Crippen molar-refractivity contribution in [3.05, 3.63) is 12.5 Å². The van der Waals surface area contributed by atoms with Gasteiger partial charge in [-0.2, -0.15) is 4.31 Å². The highest BCUT2D eigenvalue weighted by molar-refractivity contribution is 7.89. The molecule has 0 aromatic carbocycles. The molecule has 2 N–H and O–H groups in total. The number of aromatic amines is 1. The number of nitrogens with one attached hydrogen (secondary N) is 2. The zero-order valence-corrected chi connectivity index (χ0v) is 11.4. The van der Waals surface area contributed by atoms with Gasteiger partial charge in [-0.15, -0.1) is 0 Å². The highest BCUT2D eigenvalue weighted by Crippen LogP contribution is 2.18. The molecule has 0 unspecified atom stereocenters. The van der Waals surface area contributed by atoms with Crippen molar-refractivity contribution in [3.8, 4) is 0 Å². The lowest BCUT2D eigenvalue weighted by Gasteiger charge is -2.24. The molecule has 0 radical (unpaired) electrons. The van der Waals surface area contributed by atoms with E-state index in [0.717, 1.165) is 32.4 Å². The fourth-order valence-corrected chi connectivity index (χ4v) is 3.28. The Hall–Kier alpha value is -0.920. The summed E-state index contributed by atoms with van der Waals surface area (Å²) in [6.07, 6.45) is 5.92. The van der Waals surface area contributed by atoms with Gasteiger partial charge in [0.05, 0.1) is 12.5 Å². The van der Waals surface area contributed by atoms with E-state index in [-0.39, 0.29) is 5.03 Å². The maximum absolute atomic E-state index is 12.1. The third-order valence-corrected chi connectivity index (χ3v) is 5.25. The number of sulfonamides is 1. The van der Waals surface area contributed by atoms with E-state index in [1.165, 1.54) is 16.8 Å². The molecule has 2 heterocycles. The number of aromatic nitrogens is 2. The number of imidazole rings is 1. The van der Waals surface area contributed by atoms with Gasteiger partial charge in [-0.25, -0.2) is 13.4 Å². The summed E-state index contributed by atoms with van der Waals surface area (Å²) in [6, 6.07) is 0. The summed E-state index contributed by atoms with van der Waals surface area (Å²) >= 11 is 0. The summed E-state index contributed by atoms with van der Waals surface area (Å²) in [4.78, 5) is 6.40. The molecule has 0 aliphatic carbocycles. The molecule has 1 aromatic rings. The number of hydrogen-bond acceptors (Lipinski definition) is 4. The van der Waals surface area contributed by atoms with Crippen molar-refractivity contribution in [3.63, 3.8) is 0 Å². The molecule has 6 nitrogen and oxygen atoms in total. The molecule has 7 heteroatoms. The molecule has 18 heavy (non-hydrogen) atoms. The lowest BCUT2D eigenvalue weighted by Crippen LogP contribution is -2.32. The second kappa shape index (κ2) is 5.81. The Morgan fingerprint density at radius 3 is 2.78 bits per heavy atom. The number of nitrogens with zero attached hydrogens (tertiary/aromatic N) is 2. The van der Waals surface area contributed by atoms with E-state index in [1.807, 2.05) is 0 Å². The van der Waals surface area contributed by atoms with Crippen molar-refractivity contribution in [1.82, 2.24) is 19.6 Å². The van der Waals surface area contributed by atoms with Crippen LogP contribution in [0, 0.1) is 5.92 Å². The molecule has 0 atom stereocenters. The summed E-state index contributed by atoms with van der Waals surface area (Å²) in [5.41, 5.74) is 0. The van der Waals surface area contributed by atoms with Crippen LogP contribution in [0.4, 0.5) is 0 Å². The SMILES string of the molecule is CN(CCC1CCNCC1)S(=O)(=O)c1cnc[nH]1. The maximum atomic E-state index is 12.1.